The third-order valence-corrected chi connectivity index (χ3v) is 4.97. The highest BCUT2D eigenvalue weighted by Gasteiger charge is 2.31. The fraction of sp³-hybridized carbons (Fsp3) is 0.600. The van der Waals surface area contributed by atoms with Crippen molar-refractivity contribution in [1.29, 1.82) is 0 Å². The average molecular weight is 373 g/mol. The fourth-order valence-electron chi connectivity index (χ4n) is 3.04. The topological polar surface area (TPSA) is 105 Å². The molecule has 2 unspecified atom stereocenters. The molecule has 0 saturated heterocycles. The number of amides is 1. The molecule has 0 radical (unpaired) electrons. The van der Waals surface area contributed by atoms with Crippen molar-refractivity contribution in [2.75, 3.05) is 0 Å². The van der Waals surface area contributed by atoms with Crippen molar-refractivity contribution in [3.63, 3.8) is 0 Å². The molecule has 27 heavy (non-hydrogen) atoms. The Labute approximate surface area is 158 Å². The second kappa shape index (κ2) is 6.94. The van der Waals surface area contributed by atoms with E-state index in [1.807, 2.05) is 6.07 Å². The summed E-state index contributed by atoms with van der Waals surface area (Å²) in [5.74, 6) is -1.60. The lowest BCUT2D eigenvalue weighted by Crippen LogP contribution is -2.40. The highest BCUT2D eigenvalue weighted by molar-refractivity contribution is 6.06. The molecule has 2 atom stereocenters. The van der Waals surface area contributed by atoms with Gasteiger partial charge in [0.05, 0.1) is 22.6 Å². The lowest BCUT2D eigenvalue weighted by Gasteiger charge is -2.19. The van der Waals surface area contributed by atoms with Crippen molar-refractivity contribution in [3.05, 3.63) is 23.0 Å². The molecule has 3 rings (SSSR count). The van der Waals surface area contributed by atoms with Crippen LogP contribution < -0.4 is 5.32 Å². The Hall–Kier alpha value is -2.44. The molecular weight excluding hydrogens is 346 g/mol. The zero-order valence-corrected chi connectivity index (χ0v) is 16.5. The lowest BCUT2D eigenvalue weighted by molar-refractivity contribution is -0.141. The number of carboxylic acids is 1. The van der Waals surface area contributed by atoms with Crippen LogP contribution in [0.1, 0.15) is 75.1 Å². The molecule has 1 saturated carbocycles. The standard InChI is InChI=1S/C20H27N3O4/c1-10(19(25)26)11(2)21-17(24)13-8-14(12-6-7-12)22-18-16(13)15(23-27-18)9-20(3,4)5/h8,10-12H,6-7,9H2,1-5H3,(H,21,24)(H,25,26). The van der Waals surface area contributed by atoms with E-state index in [1.165, 1.54) is 0 Å². The summed E-state index contributed by atoms with van der Waals surface area (Å²) < 4.78 is 5.46. The van der Waals surface area contributed by atoms with E-state index in [-0.39, 0.29) is 11.3 Å². The van der Waals surface area contributed by atoms with Crippen LogP contribution in [0.25, 0.3) is 11.1 Å². The van der Waals surface area contributed by atoms with Crippen LogP contribution >= 0.6 is 0 Å². The number of carboxylic acid groups (broad SMARTS) is 1. The number of carbonyl (C=O) groups excluding carboxylic acids is 1. The number of rotatable bonds is 6. The van der Waals surface area contributed by atoms with Gasteiger partial charge in [-0.3, -0.25) is 9.59 Å². The molecular formula is C20H27N3O4. The van der Waals surface area contributed by atoms with Crippen molar-refractivity contribution in [2.45, 2.75) is 65.8 Å². The van der Waals surface area contributed by atoms with Gasteiger partial charge in [-0.1, -0.05) is 25.9 Å². The normalized spacial score (nSPS) is 16.9. The summed E-state index contributed by atoms with van der Waals surface area (Å²) in [6, 6.07) is 1.31. The Bertz CT molecular complexity index is 877. The lowest BCUT2D eigenvalue weighted by atomic mass is 9.89. The predicted octanol–water partition coefficient (Wildman–Crippen LogP) is 3.53. The van der Waals surface area contributed by atoms with Gasteiger partial charge in [0.1, 0.15) is 0 Å². The Morgan fingerprint density at radius 1 is 1.33 bits per heavy atom. The molecule has 1 amide bonds. The molecule has 2 aromatic heterocycles. The number of carbonyl (C=O) groups is 2. The van der Waals surface area contributed by atoms with Crippen LogP contribution in [0.2, 0.25) is 0 Å². The summed E-state index contributed by atoms with van der Waals surface area (Å²) in [5.41, 5.74) is 2.36. The minimum atomic E-state index is -0.945. The maximum atomic E-state index is 13.0. The number of fused-ring (bicyclic) bond motifs is 1. The number of hydrogen-bond donors (Lipinski definition) is 2. The smallest absolute Gasteiger partial charge is 0.308 e. The van der Waals surface area contributed by atoms with Gasteiger partial charge in [-0.25, -0.2) is 4.98 Å². The van der Waals surface area contributed by atoms with E-state index in [1.54, 1.807) is 13.8 Å². The number of hydrogen-bond acceptors (Lipinski definition) is 5. The number of nitrogens with zero attached hydrogens (tertiary/aromatic N) is 2. The first-order chi connectivity index (χ1) is 12.6. The minimum absolute atomic E-state index is 0.0299. The Morgan fingerprint density at radius 3 is 2.56 bits per heavy atom. The van der Waals surface area contributed by atoms with Gasteiger partial charge >= 0.3 is 5.97 Å². The number of aliphatic carboxylic acids is 1. The molecule has 2 N–H and O–H groups in total. The third-order valence-electron chi connectivity index (χ3n) is 4.97. The van der Waals surface area contributed by atoms with E-state index in [0.717, 1.165) is 18.5 Å². The number of nitrogens with one attached hydrogen (secondary N) is 1. The molecule has 7 nitrogen and oxygen atoms in total. The number of pyridine rings is 1. The van der Waals surface area contributed by atoms with Crippen LogP contribution in [-0.4, -0.2) is 33.2 Å². The summed E-state index contributed by atoms with van der Waals surface area (Å²) in [7, 11) is 0. The van der Waals surface area contributed by atoms with Gasteiger partial charge in [-0.05, 0) is 44.6 Å². The largest absolute Gasteiger partial charge is 0.481 e. The summed E-state index contributed by atoms with van der Waals surface area (Å²) in [4.78, 5) is 28.8. The van der Waals surface area contributed by atoms with Gasteiger partial charge < -0.3 is 14.9 Å². The van der Waals surface area contributed by atoms with Crippen LogP contribution in [0.4, 0.5) is 0 Å². The highest BCUT2D eigenvalue weighted by Crippen LogP contribution is 2.41. The minimum Gasteiger partial charge on any atom is -0.481 e. The first kappa shape index (κ1) is 19.3. The molecule has 0 aromatic carbocycles. The van der Waals surface area contributed by atoms with Crippen LogP contribution in [0.5, 0.6) is 0 Å². The first-order valence-electron chi connectivity index (χ1n) is 9.39. The maximum Gasteiger partial charge on any atom is 0.308 e. The second-order valence-corrected chi connectivity index (χ2v) is 8.80. The first-order valence-corrected chi connectivity index (χ1v) is 9.39. The van der Waals surface area contributed by atoms with Crippen molar-refractivity contribution in [1.82, 2.24) is 15.5 Å². The van der Waals surface area contributed by atoms with Gasteiger partial charge in [0.15, 0.2) is 0 Å². The van der Waals surface area contributed by atoms with E-state index >= 15 is 0 Å². The molecule has 0 aliphatic heterocycles. The molecule has 2 aromatic rings. The summed E-state index contributed by atoms with van der Waals surface area (Å²) in [6.07, 6.45) is 2.75. The van der Waals surface area contributed by atoms with Crippen LogP contribution in [0.3, 0.4) is 0 Å². The summed E-state index contributed by atoms with van der Waals surface area (Å²) >= 11 is 0. The molecule has 1 fully saturated rings. The van der Waals surface area contributed by atoms with Crippen LogP contribution in [0.15, 0.2) is 10.6 Å². The summed E-state index contributed by atoms with van der Waals surface area (Å²) in [6.45, 7) is 9.55. The van der Waals surface area contributed by atoms with Crippen molar-refractivity contribution in [2.24, 2.45) is 11.3 Å². The van der Waals surface area contributed by atoms with Crippen LogP contribution in [0, 0.1) is 11.3 Å². The average Bonchev–Trinajstić information content (AvgIpc) is 3.35. The zero-order chi connectivity index (χ0) is 19.9. The van der Waals surface area contributed by atoms with Crippen molar-refractivity contribution in [3.8, 4) is 0 Å². The maximum absolute atomic E-state index is 13.0. The van der Waals surface area contributed by atoms with Gasteiger partial charge in [0, 0.05) is 17.7 Å². The van der Waals surface area contributed by atoms with Gasteiger partial charge in [-0.15, -0.1) is 0 Å². The van der Waals surface area contributed by atoms with Gasteiger partial charge in [-0.2, -0.15) is 0 Å². The Kier molecular flexibility index (Phi) is 4.97. The predicted molar refractivity (Wildman–Crippen MR) is 101 cm³/mol. The van der Waals surface area contributed by atoms with Gasteiger partial charge in [0.25, 0.3) is 11.6 Å². The SMILES string of the molecule is CC(NC(=O)c1cc(C2CC2)nc2onc(CC(C)(C)C)c12)C(C)C(=O)O. The van der Waals surface area contributed by atoms with E-state index in [9.17, 15) is 14.7 Å². The zero-order valence-electron chi connectivity index (χ0n) is 16.5. The Balaban J connectivity index is 2.01. The van der Waals surface area contributed by atoms with E-state index in [2.05, 4.69) is 36.2 Å². The van der Waals surface area contributed by atoms with Crippen LogP contribution in [-0.2, 0) is 11.2 Å². The van der Waals surface area contributed by atoms with Crippen molar-refractivity contribution < 1.29 is 19.2 Å². The van der Waals surface area contributed by atoms with E-state index in [0.29, 0.717) is 34.7 Å². The van der Waals surface area contributed by atoms with E-state index < -0.39 is 17.9 Å². The van der Waals surface area contributed by atoms with Crippen molar-refractivity contribution >= 4 is 23.0 Å². The molecule has 146 valence electrons. The molecule has 7 heteroatoms. The van der Waals surface area contributed by atoms with Gasteiger partial charge in [0.2, 0.25) is 0 Å². The second-order valence-electron chi connectivity index (χ2n) is 8.80. The molecule has 1 aliphatic carbocycles. The molecule has 2 heterocycles. The Morgan fingerprint density at radius 2 is 2.00 bits per heavy atom. The molecule has 0 bridgehead atoms. The third kappa shape index (κ3) is 4.28. The monoisotopic (exact) mass is 373 g/mol. The number of aromatic nitrogens is 2. The molecule has 1 aliphatic rings. The summed E-state index contributed by atoms with van der Waals surface area (Å²) in [5, 5.41) is 16.8. The molecule has 0 spiro atoms. The quantitative estimate of drug-likeness (QED) is 0.802. The fourth-order valence-corrected chi connectivity index (χ4v) is 3.04. The van der Waals surface area contributed by atoms with E-state index in [4.69, 9.17) is 4.52 Å². The highest BCUT2D eigenvalue weighted by atomic mass is 16.5.